The number of nitrogens with one attached hydrogen (secondary N) is 1. The van der Waals surface area contributed by atoms with E-state index in [-0.39, 0.29) is 24.7 Å². The molecule has 0 bridgehead atoms. The van der Waals surface area contributed by atoms with Gasteiger partial charge in [0.15, 0.2) is 0 Å². The standard InChI is InChI=1S/C30H37ClN6O4/c1-21(2)41-30(39)37-12-10-36(11-13-37)18-23-7-8-24(31)15-25(23)26(14-22-6-5-9-32-16-22)29(34-28(38)19-40-4)27-17-33-20-35(27)3/h5-9,14-17,20-21,29H,10-13,18-19H2,1-4H3,(H,34,38)/b26-14+. The molecule has 1 N–H and O–H groups in total. The molecule has 0 radical (unpaired) electrons. The number of amides is 2. The van der Waals surface area contributed by atoms with E-state index < -0.39 is 6.04 Å². The zero-order valence-electron chi connectivity index (χ0n) is 23.9. The van der Waals surface area contributed by atoms with Crippen molar-refractivity contribution >= 4 is 35.3 Å². The van der Waals surface area contributed by atoms with Crippen LogP contribution < -0.4 is 5.32 Å². The number of halogens is 1. The fourth-order valence-electron chi connectivity index (χ4n) is 4.81. The van der Waals surface area contributed by atoms with Crippen LogP contribution in [0.15, 0.2) is 55.2 Å². The Balaban J connectivity index is 1.71. The molecule has 1 fully saturated rings. The number of carbonyl (C=O) groups is 2. The minimum atomic E-state index is -0.551. The van der Waals surface area contributed by atoms with Gasteiger partial charge in [0.05, 0.1) is 30.4 Å². The minimum Gasteiger partial charge on any atom is -0.447 e. The van der Waals surface area contributed by atoms with Crippen molar-refractivity contribution in [2.75, 3.05) is 39.9 Å². The molecule has 0 spiro atoms. The quantitative estimate of drug-likeness (QED) is 0.384. The lowest BCUT2D eigenvalue weighted by Gasteiger charge is -2.35. The lowest BCUT2D eigenvalue weighted by atomic mass is 9.90. The van der Waals surface area contributed by atoms with Gasteiger partial charge in [-0.3, -0.25) is 14.7 Å². The highest BCUT2D eigenvalue weighted by molar-refractivity contribution is 6.30. The summed E-state index contributed by atoms with van der Waals surface area (Å²) in [4.78, 5) is 37.9. The number of rotatable bonds is 10. The van der Waals surface area contributed by atoms with Gasteiger partial charge in [-0.2, -0.15) is 0 Å². The number of aryl methyl sites for hydroxylation is 1. The molecule has 0 saturated carbocycles. The SMILES string of the molecule is COCC(=O)NC(/C(=C/c1cccnc1)c1cc(Cl)ccc1CN1CCN(C(=O)OC(C)C)CC1)c1cncn1C. The Morgan fingerprint density at radius 1 is 1.12 bits per heavy atom. The summed E-state index contributed by atoms with van der Waals surface area (Å²) in [6, 6.07) is 9.11. The van der Waals surface area contributed by atoms with Gasteiger partial charge in [0, 0.05) is 64.3 Å². The average Bonchev–Trinajstić information content (AvgIpc) is 3.38. The fraction of sp³-hybridized carbons (Fsp3) is 0.400. The van der Waals surface area contributed by atoms with E-state index in [0.717, 1.165) is 28.0 Å². The first-order chi connectivity index (χ1) is 19.7. The Labute approximate surface area is 245 Å². The summed E-state index contributed by atoms with van der Waals surface area (Å²) in [5.41, 5.74) is 4.44. The number of ether oxygens (including phenoxy) is 2. The van der Waals surface area contributed by atoms with E-state index in [4.69, 9.17) is 21.1 Å². The van der Waals surface area contributed by atoms with Crippen LogP contribution in [0, 0.1) is 0 Å². The zero-order chi connectivity index (χ0) is 29.4. The van der Waals surface area contributed by atoms with Crippen molar-refractivity contribution in [2.45, 2.75) is 32.5 Å². The van der Waals surface area contributed by atoms with E-state index in [0.29, 0.717) is 37.7 Å². The second-order valence-electron chi connectivity index (χ2n) is 10.2. The molecule has 1 aromatic carbocycles. The van der Waals surface area contributed by atoms with E-state index in [2.05, 4.69) is 20.2 Å². The molecule has 1 unspecified atom stereocenters. The predicted octanol–water partition coefficient (Wildman–Crippen LogP) is 4.18. The highest BCUT2D eigenvalue weighted by Crippen LogP contribution is 2.36. The van der Waals surface area contributed by atoms with Crippen LogP contribution in [0.2, 0.25) is 5.02 Å². The first-order valence-electron chi connectivity index (χ1n) is 13.6. The summed E-state index contributed by atoms with van der Waals surface area (Å²) in [6.07, 6.45) is 8.53. The zero-order valence-corrected chi connectivity index (χ0v) is 24.7. The van der Waals surface area contributed by atoms with Gasteiger partial charge >= 0.3 is 6.09 Å². The Morgan fingerprint density at radius 2 is 1.90 bits per heavy atom. The molecule has 3 heterocycles. The van der Waals surface area contributed by atoms with Crippen molar-refractivity contribution < 1.29 is 19.1 Å². The van der Waals surface area contributed by atoms with Gasteiger partial charge in [-0.05, 0) is 60.4 Å². The molecule has 218 valence electrons. The largest absolute Gasteiger partial charge is 0.447 e. The van der Waals surface area contributed by atoms with Gasteiger partial charge in [0.2, 0.25) is 5.91 Å². The topological polar surface area (TPSA) is 102 Å². The maximum Gasteiger partial charge on any atom is 0.410 e. The molecule has 1 aliphatic rings. The van der Waals surface area contributed by atoms with Crippen LogP contribution in [-0.4, -0.2) is 82.3 Å². The molecule has 1 atom stereocenters. The van der Waals surface area contributed by atoms with Crippen LogP contribution in [0.4, 0.5) is 4.79 Å². The van der Waals surface area contributed by atoms with Gasteiger partial charge in [-0.15, -0.1) is 0 Å². The van der Waals surface area contributed by atoms with E-state index in [1.54, 1.807) is 29.8 Å². The number of piperazine rings is 1. The Bertz CT molecular complexity index is 1350. The van der Waals surface area contributed by atoms with E-state index in [9.17, 15) is 9.59 Å². The monoisotopic (exact) mass is 580 g/mol. The Morgan fingerprint density at radius 3 is 2.54 bits per heavy atom. The summed E-state index contributed by atoms with van der Waals surface area (Å²) in [5.74, 6) is -0.260. The number of hydrogen-bond acceptors (Lipinski definition) is 7. The van der Waals surface area contributed by atoms with Crippen LogP contribution in [0.3, 0.4) is 0 Å². The summed E-state index contributed by atoms with van der Waals surface area (Å²) >= 11 is 6.58. The fourth-order valence-corrected chi connectivity index (χ4v) is 4.98. The summed E-state index contributed by atoms with van der Waals surface area (Å²) < 4.78 is 12.4. The molecule has 3 aromatic rings. The second-order valence-corrected chi connectivity index (χ2v) is 10.7. The van der Waals surface area contributed by atoms with Gasteiger partial charge in [-0.1, -0.05) is 23.7 Å². The van der Waals surface area contributed by atoms with Gasteiger partial charge < -0.3 is 24.3 Å². The van der Waals surface area contributed by atoms with Gasteiger partial charge in [0.1, 0.15) is 6.61 Å². The number of hydrogen-bond donors (Lipinski definition) is 1. The third-order valence-electron chi connectivity index (χ3n) is 6.79. The minimum absolute atomic E-state index is 0.0829. The summed E-state index contributed by atoms with van der Waals surface area (Å²) in [7, 11) is 3.38. The van der Waals surface area contributed by atoms with Crippen molar-refractivity contribution in [1.29, 1.82) is 0 Å². The Hall–Kier alpha value is -3.73. The average molecular weight is 581 g/mol. The van der Waals surface area contributed by atoms with Crippen LogP contribution in [-0.2, 0) is 27.9 Å². The van der Waals surface area contributed by atoms with Crippen LogP contribution in [0.25, 0.3) is 11.6 Å². The number of carbonyl (C=O) groups excluding carboxylic acids is 2. The maximum absolute atomic E-state index is 12.9. The van der Waals surface area contributed by atoms with Crippen molar-refractivity contribution in [1.82, 2.24) is 29.7 Å². The highest BCUT2D eigenvalue weighted by Gasteiger charge is 2.27. The second kappa shape index (κ2) is 14.2. The molecule has 10 nitrogen and oxygen atoms in total. The molecule has 1 saturated heterocycles. The number of imidazole rings is 1. The molecule has 2 amide bonds. The van der Waals surface area contributed by atoms with Gasteiger partial charge in [0.25, 0.3) is 0 Å². The molecule has 41 heavy (non-hydrogen) atoms. The van der Waals surface area contributed by atoms with Crippen LogP contribution in [0.1, 0.15) is 42.3 Å². The maximum atomic E-state index is 12.9. The number of nitrogens with zero attached hydrogens (tertiary/aromatic N) is 5. The third-order valence-corrected chi connectivity index (χ3v) is 7.03. The lowest BCUT2D eigenvalue weighted by Crippen LogP contribution is -2.48. The first kappa shape index (κ1) is 30.2. The van der Waals surface area contributed by atoms with Crippen LogP contribution in [0.5, 0.6) is 0 Å². The molecular weight excluding hydrogens is 544 g/mol. The van der Waals surface area contributed by atoms with Crippen molar-refractivity contribution in [2.24, 2.45) is 7.05 Å². The van der Waals surface area contributed by atoms with Crippen molar-refractivity contribution in [3.05, 3.63) is 82.7 Å². The van der Waals surface area contributed by atoms with Crippen molar-refractivity contribution in [3.63, 3.8) is 0 Å². The molecule has 4 rings (SSSR count). The van der Waals surface area contributed by atoms with Crippen molar-refractivity contribution in [3.8, 4) is 0 Å². The Kier molecular flexibility index (Phi) is 10.5. The first-order valence-corrected chi connectivity index (χ1v) is 14.0. The summed E-state index contributed by atoms with van der Waals surface area (Å²) in [5, 5.41) is 3.71. The number of methoxy groups -OCH3 is 1. The molecule has 1 aliphatic heterocycles. The highest BCUT2D eigenvalue weighted by atomic mass is 35.5. The molecular formula is C30H37ClN6O4. The number of pyridine rings is 1. The third kappa shape index (κ3) is 8.16. The predicted molar refractivity (Wildman–Crippen MR) is 158 cm³/mol. The van der Waals surface area contributed by atoms with E-state index in [1.807, 2.05) is 61.9 Å². The normalized spacial score (nSPS) is 15.2. The lowest BCUT2D eigenvalue weighted by molar-refractivity contribution is -0.125. The molecule has 2 aromatic heterocycles. The summed E-state index contributed by atoms with van der Waals surface area (Å²) in [6.45, 7) is 6.82. The number of benzene rings is 1. The van der Waals surface area contributed by atoms with E-state index >= 15 is 0 Å². The van der Waals surface area contributed by atoms with E-state index in [1.165, 1.54) is 7.11 Å². The molecule has 0 aliphatic carbocycles. The number of aromatic nitrogens is 3. The smallest absolute Gasteiger partial charge is 0.410 e. The van der Waals surface area contributed by atoms with Crippen LogP contribution >= 0.6 is 11.6 Å². The molecule has 11 heteroatoms. The van der Waals surface area contributed by atoms with Gasteiger partial charge in [-0.25, -0.2) is 9.78 Å².